The van der Waals surface area contributed by atoms with Crippen LogP contribution in [-0.2, 0) is 24.4 Å². The molecule has 0 aromatic heterocycles. The Morgan fingerprint density at radius 2 is 1.55 bits per heavy atom. The molecular formula is C22H29F3N2O2. The number of carboxylic acid groups (broad SMARTS) is 1. The van der Waals surface area contributed by atoms with Crippen LogP contribution in [0.1, 0.15) is 36.1 Å². The second-order valence-corrected chi connectivity index (χ2v) is 7.38. The summed E-state index contributed by atoms with van der Waals surface area (Å²) < 4.78 is 31.7. The second-order valence-electron chi connectivity index (χ2n) is 7.38. The molecule has 2 rings (SSSR count). The third-order valence-corrected chi connectivity index (χ3v) is 4.03. The number of aliphatic carboxylic acids is 1. The molecule has 0 amide bonds. The molecule has 0 saturated heterocycles. The second kappa shape index (κ2) is 11.6. The first-order valence-corrected chi connectivity index (χ1v) is 9.37. The Balaban J connectivity index is 0.000000516. The van der Waals surface area contributed by atoms with Crippen LogP contribution in [0.25, 0.3) is 0 Å². The van der Waals surface area contributed by atoms with Gasteiger partial charge in [-0.2, -0.15) is 13.2 Å². The van der Waals surface area contributed by atoms with Crippen LogP contribution in [-0.4, -0.2) is 28.7 Å². The van der Waals surface area contributed by atoms with Crippen molar-refractivity contribution < 1.29 is 23.1 Å². The van der Waals surface area contributed by atoms with Crippen molar-refractivity contribution in [1.82, 2.24) is 4.90 Å². The van der Waals surface area contributed by atoms with E-state index in [-0.39, 0.29) is 0 Å². The van der Waals surface area contributed by atoms with Crippen LogP contribution >= 0.6 is 0 Å². The lowest BCUT2D eigenvalue weighted by Gasteiger charge is -2.25. The number of hydrogen-bond acceptors (Lipinski definition) is 3. The van der Waals surface area contributed by atoms with E-state index < -0.39 is 12.1 Å². The van der Waals surface area contributed by atoms with E-state index in [1.165, 1.54) is 22.3 Å². The minimum absolute atomic E-state index is 0.607. The van der Waals surface area contributed by atoms with Gasteiger partial charge >= 0.3 is 12.1 Å². The molecule has 2 aromatic carbocycles. The fourth-order valence-electron chi connectivity index (χ4n) is 2.77. The summed E-state index contributed by atoms with van der Waals surface area (Å²) in [5.41, 5.74) is 11.0. The minimum Gasteiger partial charge on any atom is -0.475 e. The zero-order valence-corrected chi connectivity index (χ0v) is 17.0. The van der Waals surface area contributed by atoms with Crippen LogP contribution in [0.15, 0.2) is 48.5 Å². The normalized spacial score (nSPS) is 11.3. The number of benzene rings is 2. The number of nitrogens with zero attached hydrogens (tertiary/aromatic N) is 1. The van der Waals surface area contributed by atoms with Crippen LogP contribution in [0.5, 0.6) is 0 Å². The Morgan fingerprint density at radius 3 is 2.03 bits per heavy atom. The maximum absolute atomic E-state index is 10.6. The van der Waals surface area contributed by atoms with Crippen molar-refractivity contribution in [3.05, 3.63) is 70.8 Å². The highest BCUT2D eigenvalue weighted by Crippen LogP contribution is 2.14. The van der Waals surface area contributed by atoms with Gasteiger partial charge in [-0.1, -0.05) is 67.9 Å². The molecule has 0 aliphatic heterocycles. The number of nitrogens with two attached hydrogens (primary N) is 1. The van der Waals surface area contributed by atoms with E-state index in [1.807, 2.05) is 0 Å². The Kier molecular flexibility index (Phi) is 9.85. The molecule has 0 unspecified atom stereocenters. The molecule has 0 fully saturated rings. The molecule has 0 spiro atoms. The van der Waals surface area contributed by atoms with Crippen LogP contribution in [0.3, 0.4) is 0 Å². The predicted octanol–water partition coefficient (Wildman–Crippen LogP) is 4.75. The summed E-state index contributed by atoms with van der Waals surface area (Å²) in [4.78, 5) is 11.4. The average molecular weight is 410 g/mol. The highest BCUT2D eigenvalue weighted by Gasteiger charge is 2.38. The summed E-state index contributed by atoms with van der Waals surface area (Å²) in [6, 6.07) is 17.5. The van der Waals surface area contributed by atoms with Gasteiger partial charge in [-0.25, -0.2) is 4.79 Å². The van der Waals surface area contributed by atoms with E-state index in [9.17, 15) is 13.2 Å². The number of alkyl halides is 3. The smallest absolute Gasteiger partial charge is 0.475 e. The first-order valence-electron chi connectivity index (χ1n) is 9.37. The molecule has 0 bridgehead atoms. The quantitative estimate of drug-likeness (QED) is 0.692. The Hall–Kier alpha value is -2.38. The molecule has 0 saturated carbocycles. The lowest BCUT2D eigenvalue weighted by Crippen LogP contribution is -2.27. The highest BCUT2D eigenvalue weighted by molar-refractivity contribution is 5.73. The molecule has 0 aliphatic rings. The summed E-state index contributed by atoms with van der Waals surface area (Å²) in [5.74, 6) is -2.10. The van der Waals surface area contributed by atoms with Crippen molar-refractivity contribution in [2.45, 2.75) is 46.6 Å². The third-order valence-electron chi connectivity index (χ3n) is 4.03. The fourth-order valence-corrected chi connectivity index (χ4v) is 2.77. The number of aryl methyl sites for hydroxylation is 1. The van der Waals surface area contributed by atoms with Gasteiger partial charge in [0.1, 0.15) is 0 Å². The Bertz CT molecular complexity index is 759. The molecule has 0 aliphatic carbocycles. The van der Waals surface area contributed by atoms with Crippen molar-refractivity contribution in [3.8, 4) is 0 Å². The van der Waals surface area contributed by atoms with Gasteiger partial charge in [0, 0.05) is 26.2 Å². The summed E-state index contributed by atoms with van der Waals surface area (Å²) in [6.45, 7) is 10.4. The van der Waals surface area contributed by atoms with Crippen molar-refractivity contribution in [3.63, 3.8) is 0 Å². The van der Waals surface area contributed by atoms with Crippen LogP contribution in [0.4, 0.5) is 13.2 Å². The van der Waals surface area contributed by atoms with E-state index in [4.69, 9.17) is 15.6 Å². The van der Waals surface area contributed by atoms with Gasteiger partial charge in [0.2, 0.25) is 0 Å². The van der Waals surface area contributed by atoms with Gasteiger partial charge in [0.15, 0.2) is 0 Å². The number of halogens is 3. The standard InChI is InChI=1S/C20H28N2.C2HF3O2/c1-16(2)13-22(14-18-9-7-17(3)8-10-18)15-20-6-4-5-19(11-20)12-21;3-2(4,5)1(6)7/h4-11,16H,12-15,21H2,1-3H3;(H,6,7). The maximum atomic E-state index is 10.6. The lowest BCUT2D eigenvalue weighted by molar-refractivity contribution is -0.192. The first kappa shape index (κ1) is 24.7. The van der Waals surface area contributed by atoms with Crippen LogP contribution < -0.4 is 5.73 Å². The van der Waals surface area contributed by atoms with Gasteiger partial charge in [-0.3, -0.25) is 4.90 Å². The number of carboxylic acids is 1. The monoisotopic (exact) mass is 410 g/mol. The molecular weight excluding hydrogens is 381 g/mol. The topological polar surface area (TPSA) is 66.6 Å². The molecule has 2 aromatic rings. The maximum Gasteiger partial charge on any atom is 0.490 e. The van der Waals surface area contributed by atoms with Crippen molar-refractivity contribution in [1.29, 1.82) is 0 Å². The molecule has 7 heteroatoms. The average Bonchev–Trinajstić information content (AvgIpc) is 2.63. The highest BCUT2D eigenvalue weighted by atomic mass is 19.4. The summed E-state index contributed by atoms with van der Waals surface area (Å²) in [7, 11) is 0. The first-order chi connectivity index (χ1) is 13.5. The number of carbonyl (C=O) groups is 1. The largest absolute Gasteiger partial charge is 0.490 e. The van der Waals surface area contributed by atoms with Crippen LogP contribution in [0.2, 0.25) is 0 Å². The Morgan fingerprint density at radius 1 is 1.03 bits per heavy atom. The van der Waals surface area contributed by atoms with Crippen LogP contribution in [0, 0.1) is 12.8 Å². The molecule has 0 radical (unpaired) electrons. The zero-order chi connectivity index (χ0) is 22.0. The van der Waals surface area contributed by atoms with Crippen molar-refractivity contribution in [2.24, 2.45) is 11.7 Å². The minimum atomic E-state index is -5.08. The van der Waals surface area contributed by atoms with Gasteiger partial charge in [0.25, 0.3) is 0 Å². The summed E-state index contributed by atoms with van der Waals surface area (Å²) in [6.07, 6.45) is -5.08. The summed E-state index contributed by atoms with van der Waals surface area (Å²) in [5, 5.41) is 7.12. The molecule has 0 atom stereocenters. The van der Waals surface area contributed by atoms with Gasteiger partial charge < -0.3 is 10.8 Å². The number of rotatable bonds is 7. The lowest BCUT2D eigenvalue weighted by atomic mass is 10.1. The van der Waals surface area contributed by atoms with E-state index in [1.54, 1.807) is 0 Å². The van der Waals surface area contributed by atoms with E-state index in [2.05, 4.69) is 74.2 Å². The van der Waals surface area contributed by atoms with E-state index >= 15 is 0 Å². The van der Waals surface area contributed by atoms with Crippen molar-refractivity contribution in [2.75, 3.05) is 6.54 Å². The SMILES string of the molecule is Cc1ccc(CN(Cc2cccc(CN)c2)CC(C)C)cc1.O=C(O)C(F)(F)F. The molecule has 29 heavy (non-hydrogen) atoms. The van der Waals surface area contributed by atoms with Gasteiger partial charge in [-0.05, 0) is 29.5 Å². The van der Waals surface area contributed by atoms with Gasteiger partial charge in [-0.15, -0.1) is 0 Å². The predicted molar refractivity (Wildman–Crippen MR) is 108 cm³/mol. The molecule has 4 nitrogen and oxygen atoms in total. The molecule has 0 heterocycles. The van der Waals surface area contributed by atoms with Crippen molar-refractivity contribution >= 4 is 5.97 Å². The Labute approximate surface area is 170 Å². The van der Waals surface area contributed by atoms with Gasteiger partial charge in [0.05, 0.1) is 0 Å². The zero-order valence-electron chi connectivity index (χ0n) is 17.0. The molecule has 160 valence electrons. The summed E-state index contributed by atoms with van der Waals surface area (Å²) >= 11 is 0. The van der Waals surface area contributed by atoms with E-state index in [0.717, 1.165) is 19.6 Å². The third kappa shape index (κ3) is 10.1. The number of hydrogen-bond donors (Lipinski definition) is 2. The molecule has 3 N–H and O–H groups in total. The fraction of sp³-hybridized carbons (Fsp3) is 0.409. The van der Waals surface area contributed by atoms with E-state index in [0.29, 0.717) is 12.5 Å².